The van der Waals surface area contributed by atoms with Gasteiger partial charge in [0.05, 0.1) is 6.08 Å². The number of rotatable bonds is 7. The zero-order chi connectivity index (χ0) is 17.5. The van der Waals surface area contributed by atoms with Crippen LogP contribution in [0.2, 0.25) is 0 Å². The molecule has 0 bridgehead atoms. The van der Waals surface area contributed by atoms with Crippen LogP contribution in [0.4, 0.5) is 4.79 Å². The number of ether oxygens (including phenoxy) is 2. The average Bonchev–Trinajstić information content (AvgIpc) is 2.42. The third-order valence-corrected chi connectivity index (χ3v) is 2.66. The van der Waals surface area contributed by atoms with Crippen LogP contribution < -0.4 is 0 Å². The molecule has 7 heteroatoms. The number of carbonyl (C=O) groups is 2. The van der Waals surface area contributed by atoms with Crippen molar-refractivity contribution in [3.05, 3.63) is 48.2 Å². The van der Waals surface area contributed by atoms with E-state index < -0.39 is 23.5 Å². The third-order valence-electron chi connectivity index (χ3n) is 2.66. The van der Waals surface area contributed by atoms with E-state index >= 15 is 0 Å². The number of hydrogen-bond acceptors (Lipinski definition) is 6. The van der Waals surface area contributed by atoms with Crippen molar-refractivity contribution in [2.45, 2.75) is 39.1 Å². The summed E-state index contributed by atoms with van der Waals surface area (Å²) in [4.78, 5) is 32.1. The lowest BCUT2D eigenvalue weighted by molar-refractivity contribution is -0.321. The first-order chi connectivity index (χ1) is 10.6. The fraction of sp³-hybridized carbons (Fsp3) is 0.375. The molecule has 1 rings (SSSR count). The minimum absolute atomic E-state index is 0.721. The molecule has 0 heterocycles. The lowest BCUT2D eigenvalue weighted by Gasteiger charge is -2.23. The third kappa shape index (κ3) is 6.84. The molecule has 1 N–H and O–H groups in total. The molecule has 7 nitrogen and oxygen atoms in total. The second-order valence-electron chi connectivity index (χ2n) is 5.55. The zero-order valence-electron chi connectivity index (χ0n) is 13.4. The quantitative estimate of drug-likeness (QED) is 0.205. The van der Waals surface area contributed by atoms with Gasteiger partial charge in [0.15, 0.2) is 0 Å². The van der Waals surface area contributed by atoms with Crippen LogP contribution in [0.5, 0.6) is 0 Å². The van der Waals surface area contributed by atoms with Gasteiger partial charge in [0.25, 0.3) is 5.79 Å². The second kappa shape index (κ2) is 7.64. The summed E-state index contributed by atoms with van der Waals surface area (Å²) in [6, 6.07) is 9.40. The van der Waals surface area contributed by atoms with E-state index in [0.29, 0.717) is 0 Å². The fourth-order valence-corrected chi connectivity index (χ4v) is 1.63. The minimum atomic E-state index is -1.60. The molecule has 1 aromatic rings. The van der Waals surface area contributed by atoms with E-state index in [0.717, 1.165) is 17.9 Å². The molecule has 0 aliphatic carbocycles. The van der Waals surface area contributed by atoms with Crippen molar-refractivity contribution < 1.29 is 33.9 Å². The molecular weight excluding hydrogens is 304 g/mol. The van der Waals surface area contributed by atoms with Crippen LogP contribution in [0, 0.1) is 0 Å². The normalized spacial score (nSPS) is 12.0. The van der Waals surface area contributed by atoms with Gasteiger partial charge in [-0.2, -0.15) is 4.89 Å². The van der Waals surface area contributed by atoms with Crippen molar-refractivity contribution in [1.29, 1.82) is 0 Å². The van der Waals surface area contributed by atoms with Crippen molar-refractivity contribution in [3.63, 3.8) is 0 Å². The topological polar surface area (TPSA) is 91.3 Å². The van der Waals surface area contributed by atoms with Gasteiger partial charge in [-0.25, -0.2) is 9.59 Å². The molecule has 0 unspecified atom stereocenters. The van der Waals surface area contributed by atoms with Crippen LogP contribution >= 0.6 is 0 Å². The van der Waals surface area contributed by atoms with Crippen LogP contribution in [-0.2, 0) is 29.6 Å². The van der Waals surface area contributed by atoms with Crippen LogP contribution in [0.3, 0.4) is 0 Å². The lowest BCUT2D eigenvalue weighted by atomic mass is 9.99. The Hall–Kier alpha value is -2.54. The second-order valence-corrected chi connectivity index (χ2v) is 5.55. The molecule has 0 aliphatic rings. The standard InChI is InChI=1S/C16H20O7/c1-15(2,12-8-6-5-7-9-12)23-20-11-10-13(17)21-16(3,4)22-14(18)19/h5-11H,1-4H3,(H,18,19). The Bertz CT molecular complexity index is 561. The summed E-state index contributed by atoms with van der Waals surface area (Å²) in [5, 5.41) is 8.50. The van der Waals surface area contributed by atoms with Crippen molar-refractivity contribution in [3.8, 4) is 0 Å². The maximum atomic E-state index is 11.5. The molecule has 23 heavy (non-hydrogen) atoms. The van der Waals surface area contributed by atoms with Crippen molar-refractivity contribution >= 4 is 12.1 Å². The summed E-state index contributed by atoms with van der Waals surface area (Å²) in [6.45, 7) is 6.20. The van der Waals surface area contributed by atoms with Crippen LogP contribution in [0.25, 0.3) is 0 Å². The molecule has 0 radical (unpaired) electrons. The first kappa shape index (κ1) is 18.5. The maximum Gasteiger partial charge on any atom is 0.509 e. The van der Waals surface area contributed by atoms with Crippen LogP contribution in [-0.4, -0.2) is 23.0 Å². The van der Waals surface area contributed by atoms with Gasteiger partial charge in [-0.05, 0) is 19.4 Å². The van der Waals surface area contributed by atoms with E-state index in [9.17, 15) is 9.59 Å². The smallest absolute Gasteiger partial charge is 0.450 e. The largest absolute Gasteiger partial charge is 0.509 e. The van der Waals surface area contributed by atoms with Crippen LogP contribution in [0.15, 0.2) is 42.7 Å². The first-order valence-electron chi connectivity index (χ1n) is 6.84. The van der Waals surface area contributed by atoms with Gasteiger partial charge in [-0.1, -0.05) is 30.3 Å². The highest BCUT2D eigenvalue weighted by molar-refractivity contribution is 5.82. The summed E-state index contributed by atoms with van der Waals surface area (Å²) in [7, 11) is 0. The molecule has 0 amide bonds. The van der Waals surface area contributed by atoms with E-state index in [4.69, 9.17) is 19.6 Å². The zero-order valence-corrected chi connectivity index (χ0v) is 13.4. The summed E-state index contributed by atoms with van der Waals surface area (Å²) in [6.07, 6.45) is 0.411. The molecule has 0 saturated carbocycles. The van der Waals surface area contributed by atoms with Gasteiger partial charge in [0.1, 0.15) is 11.9 Å². The van der Waals surface area contributed by atoms with Gasteiger partial charge in [0.2, 0.25) is 0 Å². The Labute approximate surface area is 134 Å². The Morgan fingerprint density at radius 2 is 1.65 bits per heavy atom. The SMILES string of the molecule is CC(C)(OC(=O)O)OC(=O)C=COOC(C)(C)c1ccccc1. The van der Waals surface area contributed by atoms with E-state index in [1.165, 1.54) is 13.8 Å². The number of carbonyl (C=O) groups excluding carboxylic acids is 1. The van der Waals surface area contributed by atoms with E-state index in [2.05, 4.69) is 4.74 Å². The Balaban J connectivity index is 2.47. The van der Waals surface area contributed by atoms with E-state index in [1.54, 1.807) is 13.8 Å². The number of carboxylic acid groups (broad SMARTS) is 1. The Morgan fingerprint density at radius 1 is 1.04 bits per heavy atom. The molecular formula is C16H20O7. The molecule has 0 saturated heterocycles. The highest BCUT2D eigenvalue weighted by atomic mass is 17.2. The summed E-state index contributed by atoms with van der Waals surface area (Å²) < 4.78 is 9.20. The summed E-state index contributed by atoms with van der Waals surface area (Å²) >= 11 is 0. The molecule has 0 aromatic heterocycles. The predicted molar refractivity (Wildman–Crippen MR) is 80.1 cm³/mol. The van der Waals surface area contributed by atoms with Gasteiger partial charge in [0, 0.05) is 13.8 Å². The molecule has 0 spiro atoms. The first-order valence-corrected chi connectivity index (χ1v) is 6.84. The minimum Gasteiger partial charge on any atom is -0.450 e. The fourth-order valence-electron chi connectivity index (χ4n) is 1.63. The van der Waals surface area contributed by atoms with Crippen LogP contribution in [0.1, 0.15) is 33.3 Å². The summed E-state index contributed by atoms with van der Waals surface area (Å²) in [5.74, 6) is -2.44. The van der Waals surface area contributed by atoms with Gasteiger partial charge in [-0.3, -0.25) is 0 Å². The lowest BCUT2D eigenvalue weighted by Crippen LogP contribution is -2.32. The number of esters is 1. The highest BCUT2D eigenvalue weighted by Crippen LogP contribution is 2.24. The van der Waals surface area contributed by atoms with Gasteiger partial charge < -0.3 is 19.5 Å². The number of hydrogen-bond donors (Lipinski definition) is 1. The molecule has 0 aliphatic heterocycles. The van der Waals surface area contributed by atoms with Crippen molar-refractivity contribution in [2.75, 3.05) is 0 Å². The monoisotopic (exact) mass is 324 g/mol. The van der Waals surface area contributed by atoms with E-state index in [1.807, 2.05) is 30.3 Å². The average molecular weight is 324 g/mol. The van der Waals surface area contributed by atoms with Gasteiger partial charge in [-0.15, -0.1) is 0 Å². The predicted octanol–water partition coefficient (Wildman–Crippen LogP) is 3.36. The van der Waals surface area contributed by atoms with Gasteiger partial charge >= 0.3 is 12.1 Å². The Kier molecular flexibility index (Phi) is 6.15. The van der Waals surface area contributed by atoms with E-state index in [-0.39, 0.29) is 0 Å². The molecule has 126 valence electrons. The van der Waals surface area contributed by atoms with Crippen molar-refractivity contribution in [1.82, 2.24) is 0 Å². The number of benzene rings is 1. The molecule has 0 fully saturated rings. The molecule has 1 aromatic carbocycles. The maximum absolute atomic E-state index is 11.5. The Morgan fingerprint density at radius 3 is 2.22 bits per heavy atom. The van der Waals surface area contributed by atoms with Crippen molar-refractivity contribution in [2.24, 2.45) is 0 Å². The summed E-state index contributed by atoms with van der Waals surface area (Å²) in [5.41, 5.74) is 0.174. The highest BCUT2D eigenvalue weighted by Gasteiger charge is 2.26. The molecule has 0 atom stereocenters.